The zero-order valence-corrected chi connectivity index (χ0v) is 17.1. The second-order valence-electron chi connectivity index (χ2n) is 8.08. The number of esters is 1. The van der Waals surface area contributed by atoms with Gasteiger partial charge < -0.3 is 19.7 Å². The first-order valence-corrected chi connectivity index (χ1v) is 9.66. The van der Waals surface area contributed by atoms with Crippen LogP contribution in [0.25, 0.3) is 11.1 Å². The maximum absolute atomic E-state index is 12.3. The van der Waals surface area contributed by atoms with E-state index in [2.05, 4.69) is 4.99 Å². The van der Waals surface area contributed by atoms with Crippen molar-refractivity contribution in [3.63, 3.8) is 0 Å². The Kier molecular flexibility index (Phi) is 6.10. The predicted octanol–water partition coefficient (Wildman–Crippen LogP) is 2.72. The Morgan fingerprint density at radius 3 is 2.10 bits per heavy atom. The van der Waals surface area contributed by atoms with E-state index in [1.54, 1.807) is 20.8 Å². The third-order valence-electron chi connectivity index (χ3n) is 4.64. The summed E-state index contributed by atoms with van der Waals surface area (Å²) in [6, 6.07) is 14.3. The van der Waals surface area contributed by atoms with E-state index >= 15 is 0 Å². The van der Waals surface area contributed by atoms with Crippen molar-refractivity contribution in [2.24, 2.45) is 4.99 Å². The number of rotatable bonds is 6. The number of aliphatic carboxylic acids is 1. The first-order chi connectivity index (χ1) is 14.2. The molecule has 2 aromatic rings. The molecule has 1 aliphatic rings. The lowest BCUT2D eigenvalue weighted by atomic mass is 9.98. The Labute approximate surface area is 175 Å². The number of ether oxygens (including phenoxy) is 2. The van der Waals surface area contributed by atoms with Gasteiger partial charge in [-0.05, 0) is 43.0 Å². The molecular weight excluding hydrogens is 386 g/mol. The number of fused-ring (bicyclic) bond motifs is 3. The quantitative estimate of drug-likeness (QED) is 0.446. The van der Waals surface area contributed by atoms with Gasteiger partial charge in [-0.3, -0.25) is 9.79 Å². The molecule has 0 spiro atoms. The van der Waals surface area contributed by atoms with Gasteiger partial charge in [-0.15, -0.1) is 0 Å². The van der Waals surface area contributed by atoms with Gasteiger partial charge in [0.1, 0.15) is 11.7 Å². The number of hydrogen-bond acceptors (Lipinski definition) is 6. The maximum atomic E-state index is 12.3. The molecule has 1 N–H and O–H groups in total. The van der Waals surface area contributed by atoms with E-state index in [4.69, 9.17) is 14.6 Å². The Bertz CT molecular complexity index is 930. The standard InChI is InChI=1S/C23H25NO6/c1-23(2,3)30-21(27)19(12-20(25)26)24-22(28)29-13-18-16-10-6-4-8-14(16)15-9-5-7-11-17(15)18/h4-11,18-19H,12-13H2,1-3H3,(H,24,28)(H,25,26)/p-1. The average molecular weight is 410 g/mol. The molecule has 0 fully saturated rings. The van der Waals surface area contributed by atoms with Gasteiger partial charge >= 0.3 is 11.9 Å². The van der Waals surface area contributed by atoms with Crippen LogP contribution in [0.4, 0.5) is 0 Å². The summed E-state index contributed by atoms with van der Waals surface area (Å²) in [5.41, 5.74) is 3.43. The molecule has 0 amide bonds. The van der Waals surface area contributed by atoms with Gasteiger partial charge in [0.15, 0.2) is 6.04 Å². The Hall–Kier alpha value is -3.35. The number of carboxylic acid groups (broad SMARTS) is 1. The van der Waals surface area contributed by atoms with Gasteiger partial charge in [-0.2, -0.15) is 0 Å². The highest BCUT2D eigenvalue weighted by atomic mass is 16.6. The fourth-order valence-electron chi connectivity index (χ4n) is 3.48. The second-order valence-corrected chi connectivity index (χ2v) is 8.08. The number of hydrogen-bond donors (Lipinski definition) is 1. The summed E-state index contributed by atoms with van der Waals surface area (Å²) >= 11 is 0. The summed E-state index contributed by atoms with van der Waals surface area (Å²) in [5, 5.41) is 21.3. The zero-order chi connectivity index (χ0) is 21.9. The highest BCUT2D eigenvalue weighted by molar-refractivity contribution is 5.84. The highest BCUT2D eigenvalue weighted by Gasteiger charge is 2.28. The van der Waals surface area contributed by atoms with E-state index in [1.165, 1.54) is 0 Å². The van der Waals surface area contributed by atoms with Crippen molar-refractivity contribution in [1.29, 1.82) is 0 Å². The van der Waals surface area contributed by atoms with Crippen LogP contribution in [-0.4, -0.2) is 41.4 Å². The molecule has 7 heteroatoms. The Morgan fingerprint density at radius 2 is 1.60 bits per heavy atom. The number of carboxylic acids is 1. The molecule has 0 aromatic heterocycles. The fraction of sp³-hybridized carbons (Fsp3) is 0.348. The number of carbonyl (C=O) groups excluding carboxylic acids is 1. The van der Waals surface area contributed by atoms with E-state index < -0.39 is 36.1 Å². The van der Waals surface area contributed by atoms with Gasteiger partial charge in [-0.25, -0.2) is 4.79 Å². The van der Waals surface area contributed by atoms with Crippen LogP contribution in [0, 0.1) is 0 Å². The van der Waals surface area contributed by atoms with Gasteiger partial charge in [0.2, 0.25) is 0 Å². The molecule has 30 heavy (non-hydrogen) atoms. The van der Waals surface area contributed by atoms with Crippen molar-refractivity contribution in [2.45, 2.75) is 44.8 Å². The molecule has 0 aliphatic heterocycles. The molecule has 1 atom stereocenters. The molecule has 1 unspecified atom stereocenters. The van der Waals surface area contributed by atoms with Crippen LogP contribution >= 0.6 is 0 Å². The number of nitrogens with zero attached hydrogens (tertiary/aromatic N) is 1. The van der Waals surface area contributed by atoms with Crippen molar-refractivity contribution in [2.75, 3.05) is 6.61 Å². The van der Waals surface area contributed by atoms with E-state index in [9.17, 15) is 14.7 Å². The lowest BCUT2D eigenvalue weighted by Gasteiger charge is -2.24. The highest BCUT2D eigenvalue weighted by Crippen LogP contribution is 2.44. The molecule has 0 radical (unpaired) electrons. The summed E-state index contributed by atoms with van der Waals surface area (Å²) in [6.45, 7) is 4.98. The summed E-state index contributed by atoms with van der Waals surface area (Å²) in [7, 11) is 0. The SMILES string of the molecule is CC(C)(C)OC(=O)C(CC(=O)O)N=C([O-])OCC1c2ccccc2-c2ccccc21. The summed E-state index contributed by atoms with van der Waals surface area (Å²) in [6.07, 6.45) is -1.65. The summed E-state index contributed by atoms with van der Waals surface area (Å²) in [4.78, 5) is 27.0. The largest absolute Gasteiger partial charge is 0.599 e. The minimum Gasteiger partial charge on any atom is -0.599 e. The van der Waals surface area contributed by atoms with Crippen LogP contribution in [0.15, 0.2) is 53.5 Å². The smallest absolute Gasteiger partial charge is 0.332 e. The van der Waals surface area contributed by atoms with Crippen LogP contribution in [0.1, 0.15) is 44.2 Å². The van der Waals surface area contributed by atoms with Crippen LogP contribution in [-0.2, 0) is 19.1 Å². The molecule has 0 heterocycles. The van der Waals surface area contributed by atoms with Crippen molar-refractivity contribution in [3.05, 3.63) is 59.7 Å². The number of aliphatic imine (C=N–C) groups is 1. The molecule has 3 rings (SSSR count). The lowest BCUT2D eigenvalue weighted by Crippen LogP contribution is -2.35. The molecule has 158 valence electrons. The van der Waals surface area contributed by atoms with E-state index in [-0.39, 0.29) is 12.5 Å². The van der Waals surface area contributed by atoms with Gasteiger partial charge in [0.25, 0.3) is 0 Å². The zero-order valence-electron chi connectivity index (χ0n) is 17.1. The minimum absolute atomic E-state index is 0.0322. The molecule has 0 bridgehead atoms. The molecule has 2 aromatic carbocycles. The van der Waals surface area contributed by atoms with Crippen LogP contribution in [0.5, 0.6) is 0 Å². The van der Waals surface area contributed by atoms with E-state index in [1.807, 2.05) is 48.5 Å². The third-order valence-corrected chi connectivity index (χ3v) is 4.64. The lowest BCUT2D eigenvalue weighted by molar-refractivity contribution is -0.251. The molecule has 7 nitrogen and oxygen atoms in total. The van der Waals surface area contributed by atoms with Crippen LogP contribution in [0.3, 0.4) is 0 Å². The molecular formula is C23H24NO6-. The maximum Gasteiger partial charge on any atom is 0.332 e. The minimum atomic E-state index is -1.46. The number of benzene rings is 2. The van der Waals surface area contributed by atoms with Crippen molar-refractivity contribution in [3.8, 4) is 11.1 Å². The Morgan fingerprint density at radius 1 is 1.07 bits per heavy atom. The molecule has 0 saturated carbocycles. The van der Waals surface area contributed by atoms with Crippen molar-refractivity contribution < 1.29 is 29.3 Å². The predicted molar refractivity (Wildman–Crippen MR) is 109 cm³/mol. The monoisotopic (exact) mass is 410 g/mol. The van der Waals surface area contributed by atoms with Crippen molar-refractivity contribution in [1.82, 2.24) is 0 Å². The topological polar surface area (TPSA) is 108 Å². The average Bonchev–Trinajstić information content (AvgIpc) is 2.98. The molecule has 0 saturated heterocycles. The first kappa shape index (κ1) is 21.4. The Balaban J connectivity index is 1.76. The molecule has 1 aliphatic carbocycles. The van der Waals surface area contributed by atoms with Crippen LogP contribution < -0.4 is 5.11 Å². The summed E-state index contributed by atoms with van der Waals surface area (Å²) < 4.78 is 10.5. The van der Waals surface area contributed by atoms with Crippen molar-refractivity contribution >= 4 is 18.0 Å². The van der Waals surface area contributed by atoms with E-state index in [0.29, 0.717) is 0 Å². The first-order valence-electron chi connectivity index (χ1n) is 9.66. The third kappa shape index (κ3) is 4.97. The van der Waals surface area contributed by atoms with Gasteiger partial charge in [0.05, 0.1) is 6.42 Å². The van der Waals surface area contributed by atoms with E-state index in [0.717, 1.165) is 22.3 Å². The number of carbonyl (C=O) groups is 2. The van der Waals surface area contributed by atoms with Gasteiger partial charge in [-0.1, -0.05) is 48.5 Å². The second kappa shape index (κ2) is 8.57. The van der Waals surface area contributed by atoms with Gasteiger partial charge in [0, 0.05) is 12.5 Å². The normalized spacial score (nSPS) is 14.6. The fourth-order valence-corrected chi connectivity index (χ4v) is 3.48. The van der Waals surface area contributed by atoms with Crippen LogP contribution in [0.2, 0.25) is 0 Å². The summed E-state index contributed by atoms with van der Waals surface area (Å²) in [5.74, 6) is -2.30.